The molecule has 0 spiro atoms. The van der Waals surface area contributed by atoms with Gasteiger partial charge < -0.3 is 0 Å². The molecule has 2 heterocycles. The molecule has 4 rings (SSSR count). The number of fused-ring (bicyclic) bond motifs is 2. The van der Waals surface area contributed by atoms with Crippen molar-refractivity contribution < 1.29 is 4.79 Å². The van der Waals surface area contributed by atoms with Gasteiger partial charge in [0.2, 0.25) is 5.91 Å². The van der Waals surface area contributed by atoms with E-state index in [0.29, 0.717) is 6.42 Å². The van der Waals surface area contributed by atoms with Gasteiger partial charge in [-0.15, -0.1) is 0 Å². The maximum Gasteiger partial charge on any atom is 0.236 e. The molecule has 1 amide bonds. The first-order valence-corrected chi connectivity index (χ1v) is 6.59. The van der Waals surface area contributed by atoms with Gasteiger partial charge in [0.05, 0.1) is 23.3 Å². The Balaban J connectivity index is 1.98. The third kappa shape index (κ3) is 1.53. The summed E-state index contributed by atoms with van der Waals surface area (Å²) in [4.78, 5) is 18.6. The molecule has 0 unspecified atom stereocenters. The van der Waals surface area contributed by atoms with Crippen molar-refractivity contribution in [2.45, 2.75) is 6.42 Å². The zero-order valence-corrected chi connectivity index (χ0v) is 10.8. The Morgan fingerprint density at radius 1 is 0.900 bits per heavy atom. The topological polar surface area (TPSA) is 33.2 Å². The summed E-state index contributed by atoms with van der Waals surface area (Å²) in [6.45, 7) is 0. The molecule has 0 bridgehead atoms. The number of rotatable bonds is 1. The number of hydrogen-bond donors (Lipinski definition) is 0. The van der Waals surface area contributed by atoms with Crippen molar-refractivity contribution in [2.75, 3.05) is 4.90 Å². The van der Waals surface area contributed by atoms with Gasteiger partial charge in [-0.05, 0) is 23.8 Å². The molecule has 2 aromatic carbocycles. The standard InChI is InChI=1S/C17H12N2O/c20-16-11-13-5-1-2-8-14(13)19(16)15-9-3-6-12-7-4-10-18-17(12)15/h1-10H,11H2. The highest BCUT2D eigenvalue weighted by Gasteiger charge is 2.29. The summed E-state index contributed by atoms with van der Waals surface area (Å²) in [5.41, 5.74) is 3.76. The summed E-state index contributed by atoms with van der Waals surface area (Å²) in [7, 11) is 0. The Hall–Kier alpha value is -2.68. The maximum atomic E-state index is 12.4. The number of carbonyl (C=O) groups is 1. The Bertz CT molecular complexity index is 821. The highest BCUT2D eigenvalue weighted by Crippen LogP contribution is 2.37. The van der Waals surface area contributed by atoms with Gasteiger partial charge in [-0.3, -0.25) is 14.7 Å². The first kappa shape index (κ1) is 11.2. The van der Waals surface area contributed by atoms with E-state index in [-0.39, 0.29) is 5.91 Å². The van der Waals surface area contributed by atoms with Crippen LogP contribution in [0.15, 0.2) is 60.8 Å². The van der Waals surface area contributed by atoms with Crippen LogP contribution in [-0.2, 0) is 11.2 Å². The molecule has 1 aliphatic heterocycles. The summed E-state index contributed by atoms with van der Waals surface area (Å²) in [6, 6.07) is 17.8. The maximum absolute atomic E-state index is 12.4. The second-order valence-electron chi connectivity index (χ2n) is 4.89. The smallest absolute Gasteiger partial charge is 0.236 e. The highest BCUT2D eigenvalue weighted by atomic mass is 16.2. The molecule has 1 aliphatic rings. The molecule has 0 saturated carbocycles. The molecule has 96 valence electrons. The number of para-hydroxylation sites is 2. The number of hydrogen-bond acceptors (Lipinski definition) is 2. The lowest BCUT2D eigenvalue weighted by molar-refractivity contribution is -0.116. The largest absolute Gasteiger partial charge is 0.278 e. The Morgan fingerprint density at radius 3 is 2.65 bits per heavy atom. The number of anilines is 2. The summed E-state index contributed by atoms with van der Waals surface area (Å²) in [5.74, 6) is 0.101. The summed E-state index contributed by atoms with van der Waals surface area (Å²) < 4.78 is 0. The third-order valence-electron chi connectivity index (χ3n) is 3.68. The van der Waals surface area contributed by atoms with Crippen molar-refractivity contribution in [1.29, 1.82) is 0 Å². The number of aromatic nitrogens is 1. The third-order valence-corrected chi connectivity index (χ3v) is 3.68. The van der Waals surface area contributed by atoms with Gasteiger partial charge in [0.1, 0.15) is 0 Å². The lowest BCUT2D eigenvalue weighted by Gasteiger charge is -2.19. The average molecular weight is 260 g/mol. The van der Waals surface area contributed by atoms with Crippen molar-refractivity contribution in [1.82, 2.24) is 4.98 Å². The molecule has 3 aromatic rings. The summed E-state index contributed by atoms with van der Waals surface area (Å²) in [5, 5.41) is 1.04. The number of benzene rings is 2. The lowest BCUT2D eigenvalue weighted by atomic mass is 10.1. The van der Waals surface area contributed by atoms with Gasteiger partial charge in [0.15, 0.2) is 0 Å². The van der Waals surface area contributed by atoms with Crippen LogP contribution in [0.2, 0.25) is 0 Å². The van der Waals surface area contributed by atoms with E-state index < -0.39 is 0 Å². The minimum absolute atomic E-state index is 0.101. The van der Waals surface area contributed by atoms with E-state index in [9.17, 15) is 4.79 Å². The van der Waals surface area contributed by atoms with Crippen LogP contribution in [0, 0.1) is 0 Å². The molecule has 0 fully saturated rings. The van der Waals surface area contributed by atoms with Gasteiger partial charge >= 0.3 is 0 Å². The first-order valence-electron chi connectivity index (χ1n) is 6.59. The molecule has 3 heteroatoms. The fraction of sp³-hybridized carbons (Fsp3) is 0.0588. The normalized spacial score (nSPS) is 13.8. The molecule has 1 aromatic heterocycles. The monoisotopic (exact) mass is 260 g/mol. The van der Waals surface area contributed by atoms with E-state index in [4.69, 9.17) is 0 Å². The highest BCUT2D eigenvalue weighted by molar-refractivity contribution is 6.11. The fourth-order valence-corrected chi connectivity index (χ4v) is 2.79. The van der Waals surface area contributed by atoms with Crippen LogP contribution >= 0.6 is 0 Å². The van der Waals surface area contributed by atoms with E-state index in [1.54, 1.807) is 11.1 Å². The van der Waals surface area contributed by atoms with Gasteiger partial charge in [0, 0.05) is 11.6 Å². The zero-order chi connectivity index (χ0) is 13.5. The number of amides is 1. The lowest BCUT2D eigenvalue weighted by Crippen LogP contribution is -2.21. The van der Waals surface area contributed by atoms with Crippen molar-refractivity contribution >= 4 is 28.2 Å². The van der Waals surface area contributed by atoms with Crippen molar-refractivity contribution in [3.8, 4) is 0 Å². The second kappa shape index (κ2) is 4.17. The van der Waals surface area contributed by atoms with Crippen molar-refractivity contribution in [2.24, 2.45) is 0 Å². The second-order valence-corrected chi connectivity index (χ2v) is 4.89. The molecule has 0 aliphatic carbocycles. The van der Waals surface area contributed by atoms with Gasteiger partial charge in [-0.2, -0.15) is 0 Å². The van der Waals surface area contributed by atoms with Crippen LogP contribution < -0.4 is 4.90 Å². The molecular formula is C17H12N2O. The van der Waals surface area contributed by atoms with Gasteiger partial charge in [0.25, 0.3) is 0 Å². The molecule has 0 radical (unpaired) electrons. The summed E-state index contributed by atoms with van der Waals surface area (Å²) >= 11 is 0. The number of carbonyl (C=O) groups excluding carboxylic acids is 1. The van der Waals surface area contributed by atoms with E-state index in [1.807, 2.05) is 54.6 Å². The van der Waals surface area contributed by atoms with Crippen LogP contribution in [0.4, 0.5) is 11.4 Å². The predicted octanol–water partition coefficient (Wildman–Crippen LogP) is 3.46. The number of pyridine rings is 1. The van der Waals surface area contributed by atoms with E-state index in [0.717, 1.165) is 27.8 Å². The predicted molar refractivity (Wildman–Crippen MR) is 79.0 cm³/mol. The van der Waals surface area contributed by atoms with Gasteiger partial charge in [-0.25, -0.2) is 0 Å². The Labute approximate surface area is 116 Å². The Morgan fingerprint density at radius 2 is 1.70 bits per heavy atom. The SMILES string of the molecule is O=C1Cc2ccccc2N1c1cccc2cccnc12. The van der Waals surface area contributed by atoms with Crippen molar-refractivity contribution in [3.05, 3.63) is 66.4 Å². The zero-order valence-electron chi connectivity index (χ0n) is 10.8. The van der Waals surface area contributed by atoms with Crippen LogP contribution in [0.1, 0.15) is 5.56 Å². The minimum atomic E-state index is 0.101. The molecule has 0 saturated heterocycles. The van der Waals surface area contributed by atoms with E-state index in [1.165, 1.54) is 0 Å². The molecule has 0 N–H and O–H groups in total. The Kier molecular flexibility index (Phi) is 2.33. The van der Waals surface area contributed by atoms with Gasteiger partial charge in [-0.1, -0.05) is 36.4 Å². The molecule has 3 nitrogen and oxygen atoms in total. The number of nitrogens with zero attached hydrogens (tertiary/aromatic N) is 2. The van der Waals surface area contributed by atoms with E-state index >= 15 is 0 Å². The van der Waals surface area contributed by atoms with E-state index in [2.05, 4.69) is 4.98 Å². The molecule has 0 atom stereocenters. The van der Waals surface area contributed by atoms with Crippen LogP contribution in [0.25, 0.3) is 10.9 Å². The van der Waals surface area contributed by atoms with Crippen LogP contribution in [0.3, 0.4) is 0 Å². The van der Waals surface area contributed by atoms with Crippen molar-refractivity contribution in [3.63, 3.8) is 0 Å². The molecular weight excluding hydrogens is 248 g/mol. The quantitative estimate of drug-likeness (QED) is 0.671. The summed E-state index contributed by atoms with van der Waals surface area (Å²) in [6.07, 6.45) is 2.22. The first-order chi connectivity index (χ1) is 9.84. The van der Waals surface area contributed by atoms with Crippen LogP contribution in [-0.4, -0.2) is 10.9 Å². The average Bonchev–Trinajstić information content (AvgIpc) is 2.82. The fourth-order valence-electron chi connectivity index (χ4n) is 2.79. The molecule has 20 heavy (non-hydrogen) atoms. The minimum Gasteiger partial charge on any atom is -0.278 e. The van der Waals surface area contributed by atoms with Crippen LogP contribution in [0.5, 0.6) is 0 Å².